The lowest BCUT2D eigenvalue weighted by Gasteiger charge is -2.32. The number of nitrogens with one attached hydrogen (secondary N) is 1. The van der Waals surface area contributed by atoms with E-state index in [0.717, 1.165) is 25.2 Å². The van der Waals surface area contributed by atoms with Crippen LogP contribution in [0.3, 0.4) is 0 Å². The Hall–Kier alpha value is -0.900. The number of hydrogen-bond acceptors (Lipinski definition) is 3. The fraction of sp³-hybridized carbons (Fsp3) is 0.875. The van der Waals surface area contributed by atoms with E-state index in [0.29, 0.717) is 17.5 Å². The molecule has 0 aliphatic rings. The van der Waals surface area contributed by atoms with Crippen LogP contribution in [-0.4, -0.2) is 27.4 Å². The third-order valence-corrected chi connectivity index (χ3v) is 3.72. The molecule has 1 N–H and O–H groups in total. The minimum absolute atomic E-state index is 0.306. The molecule has 1 heterocycles. The van der Waals surface area contributed by atoms with Gasteiger partial charge in [-0.05, 0) is 45.1 Å². The first-order valence-electron chi connectivity index (χ1n) is 7.98. The zero-order valence-electron chi connectivity index (χ0n) is 14.1. The van der Waals surface area contributed by atoms with Crippen LogP contribution in [0.5, 0.6) is 0 Å². The van der Waals surface area contributed by atoms with Crippen LogP contribution in [0.1, 0.15) is 72.7 Å². The Morgan fingerprint density at radius 3 is 2.55 bits per heavy atom. The van der Waals surface area contributed by atoms with E-state index >= 15 is 0 Å². The van der Waals surface area contributed by atoms with Gasteiger partial charge in [0.2, 0.25) is 0 Å². The molecule has 0 saturated carbocycles. The fourth-order valence-electron chi connectivity index (χ4n) is 2.51. The Morgan fingerprint density at radius 1 is 1.30 bits per heavy atom. The Bertz CT molecular complexity index is 376. The fourth-order valence-corrected chi connectivity index (χ4v) is 2.51. The Morgan fingerprint density at radius 2 is 2.00 bits per heavy atom. The van der Waals surface area contributed by atoms with E-state index in [1.165, 1.54) is 12.8 Å². The molecule has 1 rings (SSSR count). The van der Waals surface area contributed by atoms with Gasteiger partial charge in [0.25, 0.3) is 0 Å². The Labute approximate surface area is 124 Å². The van der Waals surface area contributed by atoms with E-state index in [4.69, 9.17) is 0 Å². The van der Waals surface area contributed by atoms with Gasteiger partial charge >= 0.3 is 0 Å². The normalized spacial score (nSPS) is 13.9. The number of rotatable bonds is 8. The molecule has 1 unspecified atom stereocenters. The molecule has 0 bridgehead atoms. The Balaban J connectivity index is 2.49. The van der Waals surface area contributed by atoms with Crippen LogP contribution in [0.15, 0.2) is 6.33 Å². The van der Waals surface area contributed by atoms with Crippen LogP contribution in [-0.2, 0) is 6.42 Å². The van der Waals surface area contributed by atoms with E-state index in [1.807, 2.05) is 4.68 Å². The van der Waals surface area contributed by atoms with Crippen LogP contribution >= 0.6 is 0 Å². The maximum Gasteiger partial charge on any atom is 0.138 e. The van der Waals surface area contributed by atoms with Crippen molar-refractivity contribution in [1.29, 1.82) is 0 Å². The summed E-state index contributed by atoms with van der Waals surface area (Å²) in [5, 5.41) is 7.99. The van der Waals surface area contributed by atoms with Gasteiger partial charge in [-0.25, -0.2) is 9.67 Å². The van der Waals surface area contributed by atoms with E-state index in [9.17, 15) is 0 Å². The first-order valence-corrected chi connectivity index (χ1v) is 7.98. The lowest BCUT2D eigenvalue weighted by atomic mass is 9.83. The topological polar surface area (TPSA) is 42.7 Å². The molecule has 1 aromatic heterocycles. The minimum Gasteiger partial charge on any atom is -0.313 e. The molecule has 0 fully saturated rings. The van der Waals surface area contributed by atoms with E-state index in [1.54, 1.807) is 6.33 Å². The lowest BCUT2D eigenvalue weighted by Crippen LogP contribution is -2.40. The molecule has 0 aliphatic carbocycles. The second kappa shape index (κ2) is 7.77. The van der Waals surface area contributed by atoms with Gasteiger partial charge in [0, 0.05) is 18.5 Å². The van der Waals surface area contributed by atoms with Crippen molar-refractivity contribution in [3.05, 3.63) is 12.2 Å². The summed E-state index contributed by atoms with van der Waals surface area (Å²) in [6, 6.07) is 0.960. The minimum atomic E-state index is 0.306. The van der Waals surface area contributed by atoms with Crippen LogP contribution in [0.4, 0.5) is 0 Å². The summed E-state index contributed by atoms with van der Waals surface area (Å²) in [7, 11) is 0. The third kappa shape index (κ3) is 5.23. The molecule has 20 heavy (non-hydrogen) atoms. The molecule has 4 heteroatoms. The second-order valence-corrected chi connectivity index (χ2v) is 6.98. The van der Waals surface area contributed by atoms with Crippen molar-refractivity contribution in [2.24, 2.45) is 5.41 Å². The number of aryl methyl sites for hydroxylation is 1. The smallest absolute Gasteiger partial charge is 0.138 e. The monoisotopic (exact) mass is 280 g/mol. The summed E-state index contributed by atoms with van der Waals surface area (Å²) in [6.07, 6.45) is 6.22. The molecule has 116 valence electrons. The molecular formula is C16H32N4. The van der Waals surface area contributed by atoms with Crippen molar-refractivity contribution in [3.63, 3.8) is 0 Å². The highest BCUT2D eigenvalue weighted by Gasteiger charge is 2.23. The standard InChI is InChI=1S/C16H32N4/c1-7-11-17-14(16(4,5)6)9-8-10-15-18-12-19-20(15)13(2)3/h12-14,17H,7-11H2,1-6H3. The molecule has 0 spiro atoms. The van der Waals surface area contributed by atoms with Gasteiger partial charge in [-0.15, -0.1) is 0 Å². The van der Waals surface area contributed by atoms with Crippen molar-refractivity contribution >= 4 is 0 Å². The quantitative estimate of drug-likeness (QED) is 0.791. The molecule has 0 saturated heterocycles. The van der Waals surface area contributed by atoms with Crippen molar-refractivity contribution < 1.29 is 0 Å². The Kier molecular flexibility index (Phi) is 6.66. The summed E-state index contributed by atoms with van der Waals surface area (Å²) < 4.78 is 2.03. The van der Waals surface area contributed by atoms with Gasteiger partial charge < -0.3 is 5.32 Å². The summed E-state index contributed by atoms with van der Waals surface area (Å²) in [6.45, 7) is 14.6. The highest BCUT2D eigenvalue weighted by atomic mass is 15.3. The maximum atomic E-state index is 4.39. The first-order chi connectivity index (χ1) is 9.36. The molecule has 1 atom stereocenters. The highest BCUT2D eigenvalue weighted by Crippen LogP contribution is 2.23. The molecule has 0 aromatic carbocycles. The average Bonchev–Trinajstić information content (AvgIpc) is 2.80. The van der Waals surface area contributed by atoms with E-state index in [2.05, 4.69) is 56.9 Å². The van der Waals surface area contributed by atoms with Gasteiger partial charge in [0.05, 0.1) is 0 Å². The summed E-state index contributed by atoms with van der Waals surface area (Å²) in [5.74, 6) is 1.11. The van der Waals surface area contributed by atoms with Crippen LogP contribution in [0.2, 0.25) is 0 Å². The van der Waals surface area contributed by atoms with Crippen LogP contribution < -0.4 is 5.32 Å². The predicted octanol–water partition coefficient (Wildman–Crippen LogP) is 3.60. The second-order valence-electron chi connectivity index (χ2n) is 6.98. The van der Waals surface area contributed by atoms with Gasteiger partial charge in [-0.1, -0.05) is 27.7 Å². The van der Waals surface area contributed by atoms with Gasteiger partial charge in [0.1, 0.15) is 12.2 Å². The van der Waals surface area contributed by atoms with Crippen molar-refractivity contribution in [1.82, 2.24) is 20.1 Å². The zero-order valence-corrected chi connectivity index (χ0v) is 14.1. The molecular weight excluding hydrogens is 248 g/mol. The third-order valence-electron chi connectivity index (χ3n) is 3.72. The van der Waals surface area contributed by atoms with Gasteiger partial charge in [-0.3, -0.25) is 0 Å². The van der Waals surface area contributed by atoms with Gasteiger partial charge in [0.15, 0.2) is 0 Å². The van der Waals surface area contributed by atoms with Gasteiger partial charge in [-0.2, -0.15) is 5.10 Å². The first kappa shape index (κ1) is 17.2. The van der Waals surface area contributed by atoms with Crippen LogP contribution in [0.25, 0.3) is 0 Å². The molecule has 0 aliphatic heterocycles. The summed E-state index contributed by atoms with van der Waals surface area (Å²) in [5.41, 5.74) is 0.306. The van der Waals surface area contributed by atoms with Crippen molar-refractivity contribution in [3.8, 4) is 0 Å². The number of aromatic nitrogens is 3. The maximum absolute atomic E-state index is 4.39. The van der Waals surface area contributed by atoms with Crippen LogP contribution in [0, 0.1) is 5.41 Å². The molecule has 0 radical (unpaired) electrons. The van der Waals surface area contributed by atoms with Crippen molar-refractivity contribution in [2.45, 2.75) is 79.3 Å². The number of nitrogens with zero attached hydrogens (tertiary/aromatic N) is 3. The largest absolute Gasteiger partial charge is 0.313 e. The zero-order chi connectivity index (χ0) is 15.2. The lowest BCUT2D eigenvalue weighted by molar-refractivity contribution is 0.250. The molecule has 0 amide bonds. The number of hydrogen-bond donors (Lipinski definition) is 1. The average molecular weight is 280 g/mol. The molecule has 1 aromatic rings. The SMILES string of the molecule is CCCNC(CCCc1ncnn1C(C)C)C(C)(C)C. The van der Waals surface area contributed by atoms with E-state index in [-0.39, 0.29) is 0 Å². The highest BCUT2D eigenvalue weighted by molar-refractivity contribution is 4.88. The van der Waals surface area contributed by atoms with Crippen molar-refractivity contribution in [2.75, 3.05) is 6.54 Å². The predicted molar refractivity (Wildman–Crippen MR) is 84.9 cm³/mol. The summed E-state index contributed by atoms with van der Waals surface area (Å²) >= 11 is 0. The van der Waals surface area contributed by atoms with E-state index < -0.39 is 0 Å². The molecule has 4 nitrogen and oxygen atoms in total. The summed E-state index contributed by atoms with van der Waals surface area (Å²) in [4.78, 5) is 4.39.